The van der Waals surface area contributed by atoms with Crippen LogP contribution in [-0.4, -0.2) is 70.0 Å². The van der Waals surface area contributed by atoms with Crippen LogP contribution in [0.15, 0.2) is 17.6 Å². The van der Waals surface area contributed by atoms with Crippen LogP contribution in [0.25, 0.3) is 0 Å². The first-order valence-corrected chi connectivity index (χ1v) is 8.68. The molecule has 2 rings (SSSR count). The zero-order valence-electron chi connectivity index (χ0n) is 13.0. The molecule has 0 unspecified atom stereocenters. The number of unbranched alkanes of at least 4 members (excludes halogenated alkanes) is 1. The molecule has 1 saturated heterocycles. The number of aliphatic hydroxyl groups is 1. The van der Waals surface area contributed by atoms with Crippen molar-refractivity contribution in [3.05, 3.63) is 18.0 Å². The van der Waals surface area contributed by atoms with Crippen LogP contribution in [0.2, 0.25) is 0 Å². The van der Waals surface area contributed by atoms with Crippen molar-refractivity contribution in [1.82, 2.24) is 19.8 Å². The van der Waals surface area contributed by atoms with E-state index in [2.05, 4.69) is 33.7 Å². The summed E-state index contributed by atoms with van der Waals surface area (Å²) in [6.45, 7) is 6.21. The molecule has 0 bridgehead atoms. The van der Waals surface area contributed by atoms with Gasteiger partial charge in [-0.05, 0) is 13.5 Å². The molecule has 118 valence electrons. The van der Waals surface area contributed by atoms with E-state index in [1.165, 1.54) is 12.8 Å². The zero-order valence-corrected chi connectivity index (χ0v) is 13.8. The Morgan fingerprint density at radius 2 is 2.10 bits per heavy atom. The van der Waals surface area contributed by atoms with E-state index in [1.807, 2.05) is 12.4 Å². The molecule has 2 heterocycles. The van der Waals surface area contributed by atoms with Crippen LogP contribution in [0.1, 0.15) is 25.3 Å². The topological polar surface area (TPSA) is 52.5 Å². The number of rotatable bonds is 7. The maximum atomic E-state index is 9.39. The highest BCUT2D eigenvalue weighted by Crippen LogP contribution is 2.15. The van der Waals surface area contributed by atoms with Crippen LogP contribution in [0.5, 0.6) is 0 Å². The summed E-state index contributed by atoms with van der Waals surface area (Å²) in [7, 11) is 2.07. The van der Waals surface area contributed by atoms with E-state index in [-0.39, 0.29) is 12.6 Å². The largest absolute Gasteiger partial charge is 0.395 e. The molecule has 1 fully saturated rings. The maximum Gasteiger partial charge on any atom is 0.187 e. The highest BCUT2D eigenvalue weighted by molar-refractivity contribution is 7.99. The predicted molar refractivity (Wildman–Crippen MR) is 86.4 cm³/mol. The second-order valence-corrected chi connectivity index (χ2v) is 6.69. The Morgan fingerprint density at radius 1 is 1.33 bits per heavy atom. The Hall–Kier alpha value is -0.690. The van der Waals surface area contributed by atoms with E-state index in [0.717, 1.165) is 42.7 Å². The van der Waals surface area contributed by atoms with Gasteiger partial charge in [0.1, 0.15) is 0 Å². The minimum Gasteiger partial charge on any atom is -0.395 e. The minimum absolute atomic E-state index is 0.219. The van der Waals surface area contributed by atoms with E-state index in [0.29, 0.717) is 0 Å². The summed E-state index contributed by atoms with van der Waals surface area (Å²) in [5.74, 6) is 1.09. The van der Waals surface area contributed by atoms with Gasteiger partial charge in [-0.15, -0.1) is 0 Å². The number of piperazine rings is 1. The number of nitrogens with zero attached hydrogens (tertiary/aromatic N) is 4. The van der Waals surface area contributed by atoms with Gasteiger partial charge in [0.25, 0.3) is 0 Å². The van der Waals surface area contributed by atoms with Crippen LogP contribution in [0, 0.1) is 0 Å². The molecular formula is C15H26N4OS. The van der Waals surface area contributed by atoms with Gasteiger partial charge in [0, 0.05) is 55.9 Å². The molecule has 1 aromatic heterocycles. The van der Waals surface area contributed by atoms with Gasteiger partial charge in [0.2, 0.25) is 0 Å². The SMILES string of the molecule is CCCCSc1ncc(CN2CCN(C)[C@@H](CO)C2)cn1. The first-order valence-electron chi connectivity index (χ1n) is 7.70. The summed E-state index contributed by atoms with van der Waals surface area (Å²) in [4.78, 5) is 13.5. The van der Waals surface area contributed by atoms with E-state index < -0.39 is 0 Å². The number of aliphatic hydroxyl groups excluding tert-OH is 1. The van der Waals surface area contributed by atoms with Crippen LogP contribution >= 0.6 is 11.8 Å². The van der Waals surface area contributed by atoms with Crippen molar-refractivity contribution < 1.29 is 5.11 Å². The molecule has 1 aromatic rings. The number of aromatic nitrogens is 2. The summed E-state index contributed by atoms with van der Waals surface area (Å²) >= 11 is 1.73. The van der Waals surface area contributed by atoms with Crippen LogP contribution in [0.3, 0.4) is 0 Å². The standard InChI is InChI=1S/C15H26N4OS/c1-3-4-7-21-15-16-8-13(9-17-15)10-19-6-5-18(2)14(11-19)12-20/h8-9,14,20H,3-7,10-12H2,1-2H3/t14-/m1/s1. The fraction of sp³-hybridized carbons (Fsp3) is 0.733. The lowest BCUT2D eigenvalue weighted by Crippen LogP contribution is -2.52. The summed E-state index contributed by atoms with van der Waals surface area (Å²) in [5.41, 5.74) is 1.15. The maximum absolute atomic E-state index is 9.39. The lowest BCUT2D eigenvalue weighted by Gasteiger charge is -2.38. The van der Waals surface area contributed by atoms with Crippen molar-refractivity contribution in [1.29, 1.82) is 0 Å². The van der Waals surface area contributed by atoms with E-state index in [1.54, 1.807) is 11.8 Å². The Morgan fingerprint density at radius 3 is 2.76 bits per heavy atom. The average molecular weight is 310 g/mol. The number of hydrogen-bond acceptors (Lipinski definition) is 6. The van der Waals surface area contributed by atoms with Crippen molar-refractivity contribution >= 4 is 11.8 Å². The van der Waals surface area contributed by atoms with Crippen molar-refractivity contribution in [3.8, 4) is 0 Å². The van der Waals surface area contributed by atoms with Crippen molar-refractivity contribution in [3.63, 3.8) is 0 Å². The number of thioether (sulfide) groups is 1. The van der Waals surface area contributed by atoms with Gasteiger partial charge in [0.15, 0.2) is 5.16 Å². The molecule has 0 amide bonds. The second kappa shape index (κ2) is 8.68. The third-order valence-electron chi connectivity index (χ3n) is 3.89. The molecule has 0 radical (unpaired) electrons. The monoisotopic (exact) mass is 310 g/mol. The van der Waals surface area contributed by atoms with Crippen LogP contribution in [-0.2, 0) is 6.54 Å². The first-order chi connectivity index (χ1) is 10.2. The summed E-state index contributed by atoms with van der Waals surface area (Å²) in [6.07, 6.45) is 6.29. The van der Waals surface area contributed by atoms with Gasteiger partial charge in [0.05, 0.1) is 6.61 Å². The third kappa shape index (κ3) is 5.21. The quantitative estimate of drug-likeness (QED) is 0.468. The molecule has 0 aliphatic carbocycles. The fourth-order valence-corrected chi connectivity index (χ4v) is 3.29. The van der Waals surface area contributed by atoms with Gasteiger partial charge in [-0.2, -0.15) is 0 Å². The Labute approximate surface area is 131 Å². The van der Waals surface area contributed by atoms with Crippen LogP contribution in [0.4, 0.5) is 0 Å². The lowest BCUT2D eigenvalue weighted by atomic mass is 10.2. The van der Waals surface area contributed by atoms with Gasteiger partial charge < -0.3 is 5.11 Å². The molecule has 1 N–H and O–H groups in total. The molecule has 1 aliphatic rings. The van der Waals surface area contributed by atoms with Gasteiger partial charge in [-0.25, -0.2) is 9.97 Å². The Kier molecular flexibility index (Phi) is 6.89. The van der Waals surface area contributed by atoms with Gasteiger partial charge >= 0.3 is 0 Å². The highest BCUT2D eigenvalue weighted by Gasteiger charge is 2.23. The van der Waals surface area contributed by atoms with Gasteiger partial charge in [-0.1, -0.05) is 25.1 Å². The molecular weight excluding hydrogens is 284 g/mol. The average Bonchev–Trinajstić information content (AvgIpc) is 2.51. The Balaban J connectivity index is 1.82. The molecule has 21 heavy (non-hydrogen) atoms. The normalized spacial score (nSPS) is 20.8. The van der Waals surface area contributed by atoms with Crippen LogP contribution < -0.4 is 0 Å². The minimum atomic E-state index is 0.219. The first kappa shape index (κ1) is 16.7. The van der Waals surface area contributed by atoms with E-state index >= 15 is 0 Å². The highest BCUT2D eigenvalue weighted by atomic mass is 32.2. The number of likely N-dealkylation sites (N-methyl/N-ethyl adjacent to an activating group) is 1. The van der Waals surface area contributed by atoms with E-state index in [9.17, 15) is 5.11 Å². The van der Waals surface area contributed by atoms with E-state index in [4.69, 9.17) is 0 Å². The zero-order chi connectivity index (χ0) is 15.1. The molecule has 6 heteroatoms. The van der Waals surface area contributed by atoms with Crippen molar-refractivity contribution in [2.75, 3.05) is 39.0 Å². The summed E-state index contributed by atoms with van der Waals surface area (Å²) in [6, 6.07) is 0.239. The van der Waals surface area contributed by atoms with Gasteiger partial charge in [-0.3, -0.25) is 9.80 Å². The molecule has 1 aliphatic heterocycles. The third-order valence-corrected chi connectivity index (χ3v) is 4.85. The number of hydrogen-bond donors (Lipinski definition) is 1. The smallest absolute Gasteiger partial charge is 0.187 e. The summed E-state index contributed by atoms with van der Waals surface area (Å²) < 4.78 is 0. The second-order valence-electron chi connectivity index (χ2n) is 5.63. The summed E-state index contributed by atoms with van der Waals surface area (Å²) in [5, 5.41) is 10.3. The fourth-order valence-electron chi connectivity index (χ4n) is 2.42. The molecule has 5 nitrogen and oxygen atoms in total. The Bertz CT molecular complexity index is 415. The molecule has 1 atom stereocenters. The van der Waals surface area contributed by atoms with Crippen molar-refractivity contribution in [2.45, 2.75) is 37.5 Å². The van der Waals surface area contributed by atoms with Crippen molar-refractivity contribution in [2.24, 2.45) is 0 Å². The molecule has 0 saturated carbocycles. The molecule has 0 aromatic carbocycles. The predicted octanol–water partition coefficient (Wildman–Crippen LogP) is 1.48. The molecule has 0 spiro atoms. The lowest BCUT2D eigenvalue weighted by molar-refractivity contribution is 0.0539.